The fraction of sp³-hybridized carbons (Fsp3) is 0.652. The number of carbonyl (C=O) groups is 2. The number of aliphatic carboxylic acids is 1. The van der Waals surface area contributed by atoms with Crippen molar-refractivity contribution in [1.82, 2.24) is 0 Å². The molecule has 4 nitrogen and oxygen atoms in total. The predicted molar refractivity (Wildman–Crippen MR) is 105 cm³/mol. The second-order valence-electron chi connectivity index (χ2n) is 9.32. The van der Waals surface area contributed by atoms with Gasteiger partial charge in [-0.1, -0.05) is 52.3 Å². The van der Waals surface area contributed by atoms with E-state index in [1.807, 2.05) is 0 Å². The van der Waals surface area contributed by atoms with Crippen molar-refractivity contribution in [3.8, 4) is 0 Å². The molecule has 2 aliphatic carbocycles. The number of rotatable bonds is 5. The van der Waals surface area contributed by atoms with Crippen molar-refractivity contribution < 1.29 is 19.4 Å². The third kappa shape index (κ3) is 3.76. The molecule has 1 saturated carbocycles. The third-order valence-electron chi connectivity index (χ3n) is 7.03. The maximum atomic E-state index is 11.8. The molecule has 0 amide bonds. The summed E-state index contributed by atoms with van der Waals surface area (Å²) in [7, 11) is 0. The van der Waals surface area contributed by atoms with E-state index in [0.29, 0.717) is 18.4 Å². The lowest BCUT2D eigenvalue weighted by atomic mass is 9.50. The van der Waals surface area contributed by atoms with E-state index < -0.39 is 18.4 Å². The van der Waals surface area contributed by atoms with Gasteiger partial charge in [-0.2, -0.15) is 0 Å². The summed E-state index contributed by atoms with van der Waals surface area (Å²) in [5.41, 5.74) is 4.33. The van der Waals surface area contributed by atoms with E-state index in [1.54, 1.807) is 0 Å². The number of aryl methyl sites for hydroxylation is 1. The molecule has 3 rings (SSSR count). The summed E-state index contributed by atoms with van der Waals surface area (Å²) in [6.45, 7) is 9.38. The van der Waals surface area contributed by atoms with Gasteiger partial charge < -0.3 is 9.84 Å². The largest absolute Gasteiger partial charge is 0.481 e. The zero-order valence-electron chi connectivity index (χ0n) is 17.0. The first-order valence-corrected chi connectivity index (χ1v) is 10.2. The lowest BCUT2D eigenvalue weighted by molar-refractivity contribution is -0.156. The average Bonchev–Trinajstić information content (AvgIpc) is 2.59. The summed E-state index contributed by atoms with van der Waals surface area (Å²) in [4.78, 5) is 22.5. The van der Waals surface area contributed by atoms with Gasteiger partial charge in [0.25, 0.3) is 0 Å². The van der Waals surface area contributed by atoms with Crippen molar-refractivity contribution in [3.63, 3.8) is 0 Å². The van der Waals surface area contributed by atoms with Crippen molar-refractivity contribution in [2.24, 2.45) is 11.3 Å². The highest BCUT2D eigenvalue weighted by molar-refractivity contribution is 5.90. The van der Waals surface area contributed by atoms with Crippen LogP contribution in [-0.2, 0) is 26.2 Å². The number of ether oxygens (including phenoxy) is 1. The van der Waals surface area contributed by atoms with E-state index in [4.69, 9.17) is 9.84 Å². The van der Waals surface area contributed by atoms with Gasteiger partial charge in [-0.15, -0.1) is 0 Å². The molecule has 1 aromatic rings. The van der Waals surface area contributed by atoms with Crippen LogP contribution in [0.4, 0.5) is 0 Å². The van der Waals surface area contributed by atoms with Gasteiger partial charge in [0.15, 0.2) is 0 Å². The van der Waals surface area contributed by atoms with Crippen LogP contribution in [-0.4, -0.2) is 23.7 Å². The Hall–Kier alpha value is -1.84. The summed E-state index contributed by atoms with van der Waals surface area (Å²) in [5, 5.41) is 8.78. The molecule has 4 heteroatoms. The zero-order chi connectivity index (χ0) is 19.8. The van der Waals surface area contributed by atoms with E-state index in [2.05, 4.69) is 45.9 Å². The standard InChI is InChI=1S/C23H32O4/c1-15(2)16-6-8-18-17(12-16)7-9-19-22(3,10-5-11-23(18,19)4)14-27-21(26)13-20(24)25/h6,8,12,15,19H,5,7,9-11,13-14H2,1-4H3,(H,24,25)/t19-,22+,23-/m1/s1. The molecule has 3 atom stereocenters. The van der Waals surface area contributed by atoms with Crippen LogP contribution in [0.5, 0.6) is 0 Å². The second-order valence-corrected chi connectivity index (χ2v) is 9.32. The van der Waals surface area contributed by atoms with Crippen LogP contribution in [0.2, 0.25) is 0 Å². The second kappa shape index (κ2) is 7.29. The molecule has 1 N–H and O–H groups in total. The van der Waals surface area contributed by atoms with Gasteiger partial charge in [0.05, 0.1) is 6.61 Å². The van der Waals surface area contributed by atoms with Crippen molar-refractivity contribution >= 4 is 11.9 Å². The van der Waals surface area contributed by atoms with Crippen LogP contribution in [0.25, 0.3) is 0 Å². The maximum Gasteiger partial charge on any atom is 0.317 e. The Bertz CT molecular complexity index is 738. The normalized spacial score (nSPS) is 29.7. The van der Waals surface area contributed by atoms with Crippen molar-refractivity contribution in [2.75, 3.05) is 6.61 Å². The number of hydrogen-bond acceptors (Lipinski definition) is 3. The molecule has 0 saturated heterocycles. The quantitative estimate of drug-likeness (QED) is 0.593. The Morgan fingerprint density at radius 2 is 2.00 bits per heavy atom. The van der Waals surface area contributed by atoms with E-state index in [-0.39, 0.29) is 10.8 Å². The molecule has 0 unspecified atom stereocenters. The molecule has 2 aliphatic rings. The summed E-state index contributed by atoms with van der Waals surface area (Å²) in [6.07, 6.45) is 4.88. The summed E-state index contributed by atoms with van der Waals surface area (Å²) in [6, 6.07) is 7.00. The Kier molecular flexibility index (Phi) is 5.38. The minimum Gasteiger partial charge on any atom is -0.481 e. The zero-order valence-corrected chi connectivity index (χ0v) is 17.0. The minimum absolute atomic E-state index is 0.0926. The Labute approximate surface area is 162 Å². The highest BCUT2D eigenvalue weighted by Crippen LogP contribution is 2.57. The molecule has 148 valence electrons. The molecule has 0 heterocycles. The van der Waals surface area contributed by atoms with Gasteiger partial charge in [-0.05, 0) is 59.6 Å². The number of carboxylic acid groups (broad SMARTS) is 1. The van der Waals surface area contributed by atoms with E-state index in [0.717, 1.165) is 32.1 Å². The lowest BCUT2D eigenvalue weighted by Gasteiger charge is -2.55. The predicted octanol–water partition coefficient (Wildman–Crippen LogP) is 4.84. The van der Waals surface area contributed by atoms with Crippen LogP contribution in [0.3, 0.4) is 0 Å². The number of carboxylic acids is 1. The van der Waals surface area contributed by atoms with Crippen molar-refractivity contribution in [3.05, 3.63) is 34.9 Å². The van der Waals surface area contributed by atoms with Crippen LogP contribution in [0.1, 0.15) is 82.4 Å². The molecule has 1 aromatic carbocycles. The maximum absolute atomic E-state index is 11.8. The van der Waals surface area contributed by atoms with Gasteiger partial charge in [0.2, 0.25) is 0 Å². The van der Waals surface area contributed by atoms with Crippen LogP contribution in [0.15, 0.2) is 18.2 Å². The number of fused-ring (bicyclic) bond motifs is 3. The van der Waals surface area contributed by atoms with Crippen molar-refractivity contribution in [2.45, 2.75) is 77.6 Å². The molecule has 27 heavy (non-hydrogen) atoms. The molecular formula is C23H32O4. The minimum atomic E-state index is -1.13. The third-order valence-corrected chi connectivity index (χ3v) is 7.03. The Morgan fingerprint density at radius 1 is 1.26 bits per heavy atom. The molecular weight excluding hydrogens is 340 g/mol. The van der Waals surface area contributed by atoms with Crippen LogP contribution >= 0.6 is 0 Å². The molecule has 0 aliphatic heterocycles. The van der Waals surface area contributed by atoms with Crippen LogP contribution < -0.4 is 0 Å². The van der Waals surface area contributed by atoms with Gasteiger partial charge in [0, 0.05) is 5.41 Å². The fourth-order valence-electron chi connectivity index (χ4n) is 5.60. The summed E-state index contributed by atoms with van der Waals surface area (Å²) < 4.78 is 5.41. The first-order valence-electron chi connectivity index (χ1n) is 10.2. The number of carbonyl (C=O) groups excluding carboxylic acids is 1. The summed E-state index contributed by atoms with van der Waals surface area (Å²) >= 11 is 0. The smallest absolute Gasteiger partial charge is 0.317 e. The monoisotopic (exact) mass is 372 g/mol. The fourth-order valence-corrected chi connectivity index (χ4v) is 5.60. The molecule has 0 radical (unpaired) electrons. The Morgan fingerprint density at radius 3 is 2.67 bits per heavy atom. The van der Waals surface area contributed by atoms with E-state index >= 15 is 0 Å². The molecule has 0 bridgehead atoms. The summed E-state index contributed by atoms with van der Waals surface area (Å²) in [5.74, 6) is -0.792. The molecule has 0 spiro atoms. The van der Waals surface area contributed by atoms with Gasteiger partial charge >= 0.3 is 11.9 Å². The first kappa shape index (κ1) is 19.9. The number of hydrogen-bond donors (Lipinski definition) is 1. The van der Waals surface area contributed by atoms with Gasteiger partial charge in [-0.3, -0.25) is 9.59 Å². The van der Waals surface area contributed by atoms with Gasteiger partial charge in [0.1, 0.15) is 6.42 Å². The highest BCUT2D eigenvalue weighted by Gasteiger charge is 2.52. The first-order chi connectivity index (χ1) is 12.7. The molecule has 1 fully saturated rings. The SMILES string of the molecule is CC(C)c1ccc2c(c1)CC[C@@H]1[C@](C)(COC(=O)CC(=O)O)CCC[C@]21C. The van der Waals surface area contributed by atoms with Crippen molar-refractivity contribution in [1.29, 1.82) is 0 Å². The topological polar surface area (TPSA) is 63.6 Å². The Balaban J connectivity index is 1.84. The van der Waals surface area contributed by atoms with Gasteiger partial charge in [-0.25, -0.2) is 0 Å². The average molecular weight is 373 g/mol. The number of benzene rings is 1. The van der Waals surface area contributed by atoms with E-state index in [1.165, 1.54) is 16.7 Å². The highest BCUT2D eigenvalue weighted by atomic mass is 16.5. The van der Waals surface area contributed by atoms with Crippen LogP contribution in [0, 0.1) is 11.3 Å². The molecule has 0 aromatic heterocycles. The lowest BCUT2D eigenvalue weighted by Crippen LogP contribution is -2.51. The van der Waals surface area contributed by atoms with E-state index in [9.17, 15) is 9.59 Å². The number of esters is 1.